The quantitative estimate of drug-likeness (QED) is 0.505. The highest BCUT2D eigenvalue weighted by atomic mass is 16.5. The van der Waals surface area contributed by atoms with Gasteiger partial charge in [0.2, 0.25) is 5.91 Å². The molecule has 0 aliphatic carbocycles. The maximum absolute atomic E-state index is 12.3. The standard InChI is InChI=1S/C25H31NO6/c1-4-31-22-9-7-6-8-21(22)19-12-10-18(11-13-19)16-20(17-25(29)32-5-2)26-23(27)14-15-24(28)30-3/h6-13,20H,4-5,14-17H2,1-3H3,(H,26,27)/t20-/m1/s1. The number of ether oxygens (including phenoxy) is 3. The second-order valence-electron chi connectivity index (χ2n) is 7.18. The van der Waals surface area contributed by atoms with E-state index in [2.05, 4.69) is 10.1 Å². The second kappa shape index (κ2) is 13.1. The van der Waals surface area contributed by atoms with Gasteiger partial charge in [-0.05, 0) is 37.5 Å². The van der Waals surface area contributed by atoms with Crippen molar-refractivity contribution in [3.8, 4) is 16.9 Å². The number of hydrogen-bond acceptors (Lipinski definition) is 6. The van der Waals surface area contributed by atoms with Crippen LogP contribution in [-0.2, 0) is 30.3 Å². The fourth-order valence-electron chi connectivity index (χ4n) is 3.30. The summed E-state index contributed by atoms with van der Waals surface area (Å²) in [6.45, 7) is 4.54. The fraction of sp³-hybridized carbons (Fsp3) is 0.400. The van der Waals surface area contributed by atoms with E-state index in [9.17, 15) is 14.4 Å². The van der Waals surface area contributed by atoms with E-state index in [1.807, 2.05) is 55.5 Å². The molecule has 0 spiro atoms. The summed E-state index contributed by atoms with van der Waals surface area (Å²) >= 11 is 0. The Balaban J connectivity index is 2.10. The molecule has 0 aliphatic rings. The van der Waals surface area contributed by atoms with Crippen molar-refractivity contribution in [2.24, 2.45) is 0 Å². The van der Waals surface area contributed by atoms with Crippen LogP contribution in [0.3, 0.4) is 0 Å². The lowest BCUT2D eigenvalue weighted by molar-refractivity contribution is -0.144. The first kappa shape index (κ1) is 24.9. The van der Waals surface area contributed by atoms with Crippen LogP contribution in [0.5, 0.6) is 5.75 Å². The molecule has 172 valence electrons. The Bertz CT molecular complexity index is 894. The van der Waals surface area contributed by atoms with Crippen molar-refractivity contribution in [3.63, 3.8) is 0 Å². The average molecular weight is 442 g/mol. The lowest BCUT2D eigenvalue weighted by atomic mass is 9.98. The number of para-hydroxylation sites is 1. The molecule has 2 aromatic carbocycles. The molecule has 0 bridgehead atoms. The van der Waals surface area contributed by atoms with Crippen LogP contribution in [0.25, 0.3) is 11.1 Å². The summed E-state index contributed by atoms with van der Waals surface area (Å²) in [5.41, 5.74) is 2.98. The number of hydrogen-bond donors (Lipinski definition) is 1. The molecule has 0 aliphatic heterocycles. The van der Waals surface area contributed by atoms with Crippen molar-refractivity contribution in [1.82, 2.24) is 5.32 Å². The maximum Gasteiger partial charge on any atom is 0.307 e. The van der Waals surface area contributed by atoms with Crippen LogP contribution in [0.2, 0.25) is 0 Å². The van der Waals surface area contributed by atoms with Crippen LogP contribution in [0.4, 0.5) is 0 Å². The molecule has 1 atom stereocenters. The summed E-state index contributed by atoms with van der Waals surface area (Å²) in [5, 5.41) is 2.84. The molecule has 7 nitrogen and oxygen atoms in total. The zero-order chi connectivity index (χ0) is 23.3. The number of carbonyl (C=O) groups excluding carboxylic acids is 3. The van der Waals surface area contributed by atoms with Gasteiger partial charge in [-0.3, -0.25) is 14.4 Å². The zero-order valence-electron chi connectivity index (χ0n) is 18.9. The first-order valence-electron chi connectivity index (χ1n) is 10.8. The molecule has 1 N–H and O–H groups in total. The Morgan fingerprint density at radius 1 is 0.906 bits per heavy atom. The van der Waals surface area contributed by atoms with Gasteiger partial charge in [0, 0.05) is 18.0 Å². The van der Waals surface area contributed by atoms with Crippen LogP contribution >= 0.6 is 0 Å². The van der Waals surface area contributed by atoms with Crippen molar-refractivity contribution in [2.75, 3.05) is 20.3 Å². The van der Waals surface area contributed by atoms with E-state index in [0.717, 1.165) is 22.4 Å². The number of nitrogens with one attached hydrogen (secondary N) is 1. The number of benzene rings is 2. The third-order valence-corrected chi connectivity index (χ3v) is 4.80. The summed E-state index contributed by atoms with van der Waals surface area (Å²) < 4.78 is 15.3. The van der Waals surface area contributed by atoms with Crippen LogP contribution < -0.4 is 10.1 Å². The SMILES string of the molecule is CCOC(=O)C[C@@H](Cc1ccc(-c2ccccc2OCC)cc1)NC(=O)CCC(=O)OC. The van der Waals surface area contributed by atoms with Crippen molar-refractivity contribution < 1.29 is 28.6 Å². The van der Waals surface area contributed by atoms with Crippen molar-refractivity contribution in [2.45, 2.75) is 45.6 Å². The zero-order valence-corrected chi connectivity index (χ0v) is 18.9. The highest BCUT2D eigenvalue weighted by molar-refractivity contribution is 5.82. The Morgan fingerprint density at radius 2 is 1.62 bits per heavy atom. The minimum absolute atomic E-state index is 0.000844. The smallest absolute Gasteiger partial charge is 0.307 e. The minimum atomic E-state index is -0.454. The van der Waals surface area contributed by atoms with Gasteiger partial charge in [0.1, 0.15) is 5.75 Å². The molecule has 2 aromatic rings. The minimum Gasteiger partial charge on any atom is -0.493 e. The van der Waals surface area contributed by atoms with Gasteiger partial charge in [-0.1, -0.05) is 42.5 Å². The van der Waals surface area contributed by atoms with E-state index in [0.29, 0.717) is 13.0 Å². The summed E-state index contributed by atoms with van der Waals surface area (Å²) in [6.07, 6.45) is 0.491. The number of methoxy groups -OCH3 is 1. The summed E-state index contributed by atoms with van der Waals surface area (Å²) in [5.74, 6) is -0.328. The Labute approximate surface area is 189 Å². The van der Waals surface area contributed by atoms with E-state index >= 15 is 0 Å². The van der Waals surface area contributed by atoms with Gasteiger partial charge in [-0.25, -0.2) is 0 Å². The fourth-order valence-corrected chi connectivity index (χ4v) is 3.30. The Kier molecular flexibility index (Phi) is 10.2. The molecule has 7 heteroatoms. The van der Waals surface area contributed by atoms with Crippen molar-refractivity contribution in [1.29, 1.82) is 0 Å². The predicted octanol–water partition coefficient (Wildman–Crippen LogP) is 3.69. The summed E-state index contributed by atoms with van der Waals surface area (Å²) in [6, 6.07) is 15.3. The molecule has 32 heavy (non-hydrogen) atoms. The first-order valence-corrected chi connectivity index (χ1v) is 10.8. The third kappa shape index (κ3) is 8.06. The van der Waals surface area contributed by atoms with Gasteiger partial charge in [-0.2, -0.15) is 0 Å². The molecule has 0 saturated heterocycles. The molecule has 0 fully saturated rings. The number of esters is 2. The molecule has 0 unspecified atom stereocenters. The van der Waals surface area contributed by atoms with Crippen molar-refractivity contribution in [3.05, 3.63) is 54.1 Å². The predicted molar refractivity (Wildman–Crippen MR) is 121 cm³/mol. The Morgan fingerprint density at radius 3 is 2.28 bits per heavy atom. The topological polar surface area (TPSA) is 90.9 Å². The van der Waals surface area contributed by atoms with E-state index < -0.39 is 12.0 Å². The first-order chi connectivity index (χ1) is 15.5. The third-order valence-electron chi connectivity index (χ3n) is 4.80. The van der Waals surface area contributed by atoms with Gasteiger partial charge in [0.15, 0.2) is 0 Å². The van der Waals surface area contributed by atoms with E-state index in [-0.39, 0.29) is 37.7 Å². The van der Waals surface area contributed by atoms with Gasteiger partial charge >= 0.3 is 11.9 Å². The highest BCUT2D eigenvalue weighted by Crippen LogP contribution is 2.30. The molecule has 0 heterocycles. The highest BCUT2D eigenvalue weighted by Gasteiger charge is 2.19. The van der Waals surface area contributed by atoms with Crippen LogP contribution in [0.15, 0.2) is 48.5 Å². The van der Waals surface area contributed by atoms with Gasteiger partial charge < -0.3 is 19.5 Å². The van der Waals surface area contributed by atoms with Crippen LogP contribution in [-0.4, -0.2) is 44.2 Å². The normalized spacial score (nSPS) is 11.3. The summed E-state index contributed by atoms with van der Waals surface area (Å²) in [7, 11) is 1.28. The molecular formula is C25H31NO6. The Hall–Kier alpha value is -3.35. The van der Waals surface area contributed by atoms with Crippen LogP contribution in [0.1, 0.15) is 38.7 Å². The molecule has 0 aromatic heterocycles. The second-order valence-corrected chi connectivity index (χ2v) is 7.18. The molecule has 2 rings (SSSR count). The lowest BCUT2D eigenvalue weighted by Gasteiger charge is -2.18. The molecule has 0 radical (unpaired) electrons. The largest absolute Gasteiger partial charge is 0.493 e. The van der Waals surface area contributed by atoms with Crippen LogP contribution in [0, 0.1) is 0 Å². The summed E-state index contributed by atoms with van der Waals surface area (Å²) in [4.78, 5) is 35.6. The number of amides is 1. The lowest BCUT2D eigenvalue weighted by Crippen LogP contribution is -2.38. The van der Waals surface area contributed by atoms with Gasteiger partial charge in [-0.15, -0.1) is 0 Å². The molecular weight excluding hydrogens is 410 g/mol. The number of carbonyl (C=O) groups is 3. The average Bonchev–Trinajstić information content (AvgIpc) is 2.78. The molecule has 0 saturated carbocycles. The van der Waals surface area contributed by atoms with E-state index in [1.54, 1.807) is 6.92 Å². The molecule has 1 amide bonds. The van der Waals surface area contributed by atoms with E-state index in [1.165, 1.54) is 7.11 Å². The van der Waals surface area contributed by atoms with Crippen molar-refractivity contribution >= 4 is 17.8 Å². The maximum atomic E-state index is 12.3. The van der Waals surface area contributed by atoms with Gasteiger partial charge in [0.05, 0.1) is 33.2 Å². The van der Waals surface area contributed by atoms with Gasteiger partial charge in [0.25, 0.3) is 0 Å². The monoisotopic (exact) mass is 441 g/mol. The number of rotatable bonds is 12. The van der Waals surface area contributed by atoms with E-state index in [4.69, 9.17) is 9.47 Å².